The predicted octanol–water partition coefficient (Wildman–Crippen LogP) is 2.67. The highest BCUT2D eigenvalue weighted by Gasteiger charge is 2.32. The van der Waals surface area contributed by atoms with Crippen molar-refractivity contribution in [2.45, 2.75) is 18.4 Å². The lowest BCUT2D eigenvalue weighted by molar-refractivity contribution is 0.0116. The van der Waals surface area contributed by atoms with Crippen molar-refractivity contribution in [2.24, 2.45) is 0 Å². The number of β-amino-alcohol motifs (C(OH)–C–C–N with tert-alkyl or cyclic N) is 1. The third kappa shape index (κ3) is 2.36. The van der Waals surface area contributed by atoms with Gasteiger partial charge >= 0.3 is 0 Å². The smallest absolute Gasteiger partial charge is 0.103 e. The number of rotatable bonds is 1. The maximum atomic E-state index is 10.5. The van der Waals surface area contributed by atoms with E-state index in [1.165, 1.54) is 0 Å². The summed E-state index contributed by atoms with van der Waals surface area (Å²) in [6.07, 6.45) is 1.76. The van der Waals surface area contributed by atoms with Gasteiger partial charge in [0, 0.05) is 21.6 Å². The molecule has 4 heteroatoms. The fourth-order valence-electron chi connectivity index (χ4n) is 1.97. The number of halogens is 2. The quantitative estimate of drug-likeness (QED) is 0.833. The summed E-state index contributed by atoms with van der Waals surface area (Å²) in [5.74, 6) is 0. The maximum absolute atomic E-state index is 10.5. The monoisotopic (exact) mass is 289 g/mol. The molecule has 0 spiro atoms. The number of piperidine rings is 1. The standard InChI is InChI=1S/C11H13BrClNO/c12-10-3-2-8(13)6-9(10)11(15)4-1-5-14-7-11/h2-3,6,14-15H,1,4-5,7H2. The van der Waals surface area contributed by atoms with E-state index in [1.54, 1.807) is 0 Å². The van der Waals surface area contributed by atoms with E-state index >= 15 is 0 Å². The summed E-state index contributed by atoms with van der Waals surface area (Å²) in [5.41, 5.74) is 0.0873. The van der Waals surface area contributed by atoms with Gasteiger partial charge in [0.05, 0.1) is 0 Å². The predicted molar refractivity (Wildman–Crippen MR) is 65.2 cm³/mol. The molecular weight excluding hydrogens is 277 g/mol. The molecule has 1 fully saturated rings. The van der Waals surface area contributed by atoms with Crippen molar-refractivity contribution >= 4 is 27.5 Å². The highest BCUT2D eigenvalue weighted by Crippen LogP contribution is 2.35. The summed E-state index contributed by atoms with van der Waals surface area (Å²) in [5, 5.41) is 14.4. The fourth-order valence-corrected chi connectivity index (χ4v) is 2.76. The summed E-state index contributed by atoms with van der Waals surface area (Å²) in [6.45, 7) is 1.56. The van der Waals surface area contributed by atoms with Gasteiger partial charge < -0.3 is 10.4 Å². The van der Waals surface area contributed by atoms with Crippen LogP contribution in [0.3, 0.4) is 0 Å². The number of hydrogen-bond acceptors (Lipinski definition) is 2. The molecule has 0 bridgehead atoms. The van der Waals surface area contributed by atoms with Crippen LogP contribution in [-0.2, 0) is 5.60 Å². The van der Waals surface area contributed by atoms with Crippen LogP contribution < -0.4 is 5.32 Å². The van der Waals surface area contributed by atoms with Gasteiger partial charge in [0.25, 0.3) is 0 Å². The summed E-state index contributed by atoms with van der Waals surface area (Å²) in [7, 11) is 0. The Kier molecular flexibility index (Phi) is 3.36. The topological polar surface area (TPSA) is 32.3 Å². The maximum Gasteiger partial charge on any atom is 0.103 e. The average molecular weight is 291 g/mol. The molecule has 82 valence electrons. The Labute approximate surface area is 103 Å². The number of hydrogen-bond donors (Lipinski definition) is 2. The first kappa shape index (κ1) is 11.4. The molecule has 1 aliphatic rings. The second-order valence-electron chi connectivity index (χ2n) is 3.94. The van der Waals surface area contributed by atoms with E-state index in [-0.39, 0.29) is 0 Å². The second-order valence-corrected chi connectivity index (χ2v) is 5.23. The normalized spacial score (nSPS) is 26.6. The molecule has 1 saturated heterocycles. The molecule has 0 amide bonds. The van der Waals surface area contributed by atoms with Crippen molar-refractivity contribution in [3.63, 3.8) is 0 Å². The molecule has 0 aromatic heterocycles. The molecule has 0 saturated carbocycles. The number of aliphatic hydroxyl groups is 1. The first-order chi connectivity index (χ1) is 7.12. The van der Waals surface area contributed by atoms with Gasteiger partial charge in [-0.1, -0.05) is 27.5 Å². The van der Waals surface area contributed by atoms with Crippen molar-refractivity contribution in [3.05, 3.63) is 33.3 Å². The minimum Gasteiger partial charge on any atom is -0.384 e. The molecule has 2 nitrogen and oxygen atoms in total. The zero-order valence-corrected chi connectivity index (χ0v) is 10.6. The Morgan fingerprint density at radius 2 is 2.27 bits per heavy atom. The summed E-state index contributed by atoms with van der Waals surface area (Å²) in [6, 6.07) is 5.53. The lowest BCUT2D eigenvalue weighted by atomic mass is 9.87. The zero-order chi connectivity index (χ0) is 10.9. The van der Waals surface area contributed by atoms with Crippen LogP contribution >= 0.6 is 27.5 Å². The van der Waals surface area contributed by atoms with Crippen LogP contribution in [0.15, 0.2) is 22.7 Å². The molecule has 15 heavy (non-hydrogen) atoms. The summed E-state index contributed by atoms with van der Waals surface area (Å²) < 4.78 is 0.915. The summed E-state index contributed by atoms with van der Waals surface area (Å²) >= 11 is 9.40. The molecule has 1 aromatic rings. The zero-order valence-electron chi connectivity index (χ0n) is 8.26. The van der Waals surface area contributed by atoms with E-state index in [9.17, 15) is 5.11 Å². The SMILES string of the molecule is OC1(c2cc(Cl)ccc2Br)CCCNC1. The largest absolute Gasteiger partial charge is 0.384 e. The van der Waals surface area contributed by atoms with Crippen LogP contribution in [0.1, 0.15) is 18.4 Å². The van der Waals surface area contributed by atoms with E-state index in [4.69, 9.17) is 11.6 Å². The van der Waals surface area contributed by atoms with Crippen LogP contribution in [-0.4, -0.2) is 18.2 Å². The van der Waals surface area contributed by atoms with Crippen LogP contribution in [0.4, 0.5) is 0 Å². The number of nitrogens with one attached hydrogen (secondary N) is 1. The highest BCUT2D eigenvalue weighted by molar-refractivity contribution is 9.10. The second kappa shape index (κ2) is 4.42. The molecule has 1 atom stereocenters. The van der Waals surface area contributed by atoms with Crippen LogP contribution in [0, 0.1) is 0 Å². The molecule has 1 aliphatic heterocycles. The Hall–Kier alpha value is -0.0900. The first-order valence-corrected chi connectivity index (χ1v) is 6.17. The molecule has 1 aromatic carbocycles. The van der Waals surface area contributed by atoms with Crippen molar-refractivity contribution < 1.29 is 5.11 Å². The molecule has 2 N–H and O–H groups in total. The lowest BCUT2D eigenvalue weighted by Crippen LogP contribution is -2.43. The minimum absolute atomic E-state index is 0.589. The van der Waals surface area contributed by atoms with Gasteiger partial charge in [0.1, 0.15) is 5.60 Å². The minimum atomic E-state index is -0.790. The first-order valence-electron chi connectivity index (χ1n) is 5.00. The van der Waals surface area contributed by atoms with Crippen LogP contribution in [0.2, 0.25) is 5.02 Å². The van der Waals surface area contributed by atoms with Crippen molar-refractivity contribution in [2.75, 3.05) is 13.1 Å². The van der Waals surface area contributed by atoms with Gasteiger partial charge in [-0.2, -0.15) is 0 Å². The highest BCUT2D eigenvalue weighted by atomic mass is 79.9. The Morgan fingerprint density at radius 3 is 2.93 bits per heavy atom. The molecule has 0 aliphatic carbocycles. The van der Waals surface area contributed by atoms with E-state index < -0.39 is 5.60 Å². The lowest BCUT2D eigenvalue weighted by Gasteiger charge is -2.33. The van der Waals surface area contributed by atoms with Crippen LogP contribution in [0.5, 0.6) is 0 Å². The van der Waals surface area contributed by atoms with E-state index in [0.29, 0.717) is 11.6 Å². The van der Waals surface area contributed by atoms with Gasteiger partial charge in [0.15, 0.2) is 0 Å². The van der Waals surface area contributed by atoms with Crippen molar-refractivity contribution in [3.8, 4) is 0 Å². The Balaban J connectivity index is 2.38. The van der Waals surface area contributed by atoms with Crippen LogP contribution in [0.25, 0.3) is 0 Å². The van der Waals surface area contributed by atoms with Crippen molar-refractivity contribution in [1.29, 1.82) is 0 Å². The van der Waals surface area contributed by atoms with E-state index in [1.807, 2.05) is 18.2 Å². The Morgan fingerprint density at radius 1 is 1.47 bits per heavy atom. The van der Waals surface area contributed by atoms with Gasteiger partial charge in [-0.25, -0.2) is 0 Å². The molecule has 2 rings (SSSR count). The van der Waals surface area contributed by atoms with E-state index in [0.717, 1.165) is 29.4 Å². The van der Waals surface area contributed by atoms with Gasteiger partial charge in [-0.3, -0.25) is 0 Å². The average Bonchev–Trinajstić information content (AvgIpc) is 2.23. The van der Waals surface area contributed by atoms with Gasteiger partial charge in [-0.15, -0.1) is 0 Å². The number of benzene rings is 1. The fraction of sp³-hybridized carbons (Fsp3) is 0.455. The molecule has 1 heterocycles. The Bertz CT molecular complexity index is 364. The molecule has 0 radical (unpaired) electrons. The van der Waals surface area contributed by atoms with E-state index in [2.05, 4.69) is 21.2 Å². The van der Waals surface area contributed by atoms with Gasteiger partial charge in [0.2, 0.25) is 0 Å². The van der Waals surface area contributed by atoms with Gasteiger partial charge in [-0.05, 0) is 37.6 Å². The third-order valence-electron chi connectivity index (χ3n) is 2.79. The molecular formula is C11H13BrClNO. The summed E-state index contributed by atoms with van der Waals surface area (Å²) in [4.78, 5) is 0. The molecule has 1 unspecified atom stereocenters. The van der Waals surface area contributed by atoms with Crippen molar-refractivity contribution in [1.82, 2.24) is 5.32 Å². The third-order valence-corrected chi connectivity index (χ3v) is 3.72.